The van der Waals surface area contributed by atoms with Crippen molar-refractivity contribution in [3.63, 3.8) is 0 Å². The fourth-order valence-corrected chi connectivity index (χ4v) is 1.84. The summed E-state index contributed by atoms with van der Waals surface area (Å²) in [5.41, 5.74) is 2.67. The first-order valence-corrected chi connectivity index (χ1v) is 6.18. The van der Waals surface area contributed by atoms with Crippen LogP contribution in [0.4, 0.5) is 5.69 Å². The molecule has 0 aliphatic heterocycles. The van der Waals surface area contributed by atoms with Crippen molar-refractivity contribution in [3.05, 3.63) is 53.3 Å². The van der Waals surface area contributed by atoms with Crippen molar-refractivity contribution in [1.82, 2.24) is 4.98 Å². The van der Waals surface area contributed by atoms with Gasteiger partial charge in [-0.1, -0.05) is 12.1 Å². The molecule has 104 valence electrons. The number of carbonyl (C=O) groups is 1. The summed E-state index contributed by atoms with van der Waals surface area (Å²) >= 11 is 0. The molecule has 5 heteroatoms. The van der Waals surface area contributed by atoms with E-state index in [0.29, 0.717) is 12.2 Å². The topological polar surface area (TPSA) is 71.5 Å². The number of aryl methyl sites for hydroxylation is 1. The number of anilines is 1. The summed E-state index contributed by atoms with van der Waals surface area (Å²) < 4.78 is 5.27. The third-order valence-corrected chi connectivity index (χ3v) is 2.84. The van der Waals surface area contributed by atoms with E-state index in [1.165, 1.54) is 6.07 Å². The molecular weight excluding hydrogens is 256 g/mol. The number of hydrogen-bond donors (Lipinski definition) is 2. The van der Waals surface area contributed by atoms with E-state index >= 15 is 0 Å². The number of hydrogen-bond acceptors (Lipinski definition) is 4. The van der Waals surface area contributed by atoms with Gasteiger partial charge >= 0.3 is 5.97 Å². The van der Waals surface area contributed by atoms with E-state index < -0.39 is 5.97 Å². The second-order valence-corrected chi connectivity index (χ2v) is 4.38. The Morgan fingerprint density at radius 2 is 2.15 bits per heavy atom. The van der Waals surface area contributed by atoms with Gasteiger partial charge in [-0.2, -0.15) is 0 Å². The Bertz CT molecular complexity index is 626. The molecule has 0 amide bonds. The number of ether oxygens (including phenoxy) is 1. The van der Waals surface area contributed by atoms with Gasteiger partial charge in [-0.05, 0) is 36.8 Å². The van der Waals surface area contributed by atoms with Gasteiger partial charge < -0.3 is 15.2 Å². The molecule has 0 radical (unpaired) electrons. The fraction of sp³-hybridized carbons (Fsp3) is 0.200. The zero-order chi connectivity index (χ0) is 14.5. The Kier molecular flexibility index (Phi) is 4.20. The second kappa shape index (κ2) is 6.06. The molecule has 0 aliphatic carbocycles. The number of carboxylic acids is 1. The molecule has 1 aromatic heterocycles. The number of carboxylic acid groups (broad SMARTS) is 1. The maximum absolute atomic E-state index is 10.9. The van der Waals surface area contributed by atoms with Gasteiger partial charge in [-0.3, -0.25) is 0 Å². The van der Waals surface area contributed by atoms with Crippen LogP contribution in [0.15, 0.2) is 36.4 Å². The van der Waals surface area contributed by atoms with Gasteiger partial charge in [0.15, 0.2) is 0 Å². The van der Waals surface area contributed by atoms with Gasteiger partial charge in [-0.15, -0.1) is 0 Å². The van der Waals surface area contributed by atoms with Crippen molar-refractivity contribution in [1.29, 1.82) is 0 Å². The van der Waals surface area contributed by atoms with Crippen LogP contribution in [0.3, 0.4) is 0 Å². The smallest absolute Gasteiger partial charge is 0.354 e. The van der Waals surface area contributed by atoms with Crippen molar-refractivity contribution in [2.75, 3.05) is 12.4 Å². The number of aromatic carboxylic acids is 1. The van der Waals surface area contributed by atoms with Crippen LogP contribution in [0.2, 0.25) is 0 Å². The molecule has 0 fully saturated rings. The summed E-state index contributed by atoms with van der Waals surface area (Å²) in [6, 6.07) is 10.8. The number of aromatic nitrogens is 1. The summed E-state index contributed by atoms with van der Waals surface area (Å²) in [5, 5.41) is 12.1. The van der Waals surface area contributed by atoms with Gasteiger partial charge in [0.25, 0.3) is 0 Å². The molecule has 0 atom stereocenters. The summed E-state index contributed by atoms with van der Waals surface area (Å²) in [6.07, 6.45) is 0. The minimum Gasteiger partial charge on any atom is -0.495 e. The van der Waals surface area contributed by atoms with Crippen LogP contribution >= 0.6 is 0 Å². The average Bonchev–Trinajstić information content (AvgIpc) is 2.45. The highest BCUT2D eigenvalue weighted by atomic mass is 16.5. The molecule has 1 heterocycles. The lowest BCUT2D eigenvalue weighted by molar-refractivity contribution is 0.0690. The predicted molar refractivity (Wildman–Crippen MR) is 76.3 cm³/mol. The zero-order valence-corrected chi connectivity index (χ0v) is 11.4. The summed E-state index contributed by atoms with van der Waals surface area (Å²) in [4.78, 5) is 14.9. The van der Waals surface area contributed by atoms with Crippen molar-refractivity contribution in [2.24, 2.45) is 0 Å². The lowest BCUT2D eigenvalue weighted by atomic mass is 10.2. The van der Waals surface area contributed by atoms with Crippen molar-refractivity contribution >= 4 is 11.7 Å². The molecule has 2 aromatic rings. The zero-order valence-electron chi connectivity index (χ0n) is 11.4. The quantitative estimate of drug-likeness (QED) is 0.875. The van der Waals surface area contributed by atoms with Crippen LogP contribution < -0.4 is 10.1 Å². The minimum absolute atomic E-state index is 0.0421. The van der Waals surface area contributed by atoms with E-state index in [9.17, 15) is 4.79 Å². The Morgan fingerprint density at radius 3 is 2.85 bits per heavy atom. The summed E-state index contributed by atoms with van der Waals surface area (Å²) in [5.74, 6) is -0.287. The molecule has 5 nitrogen and oxygen atoms in total. The molecule has 2 N–H and O–H groups in total. The monoisotopic (exact) mass is 272 g/mol. The van der Waals surface area contributed by atoms with Crippen LogP contribution in [0, 0.1) is 6.92 Å². The highest BCUT2D eigenvalue weighted by Gasteiger charge is 2.06. The summed E-state index contributed by atoms with van der Waals surface area (Å²) in [7, 11) is 1.61. The van der Waals surface area contributed by atoms with Gasteiger partial charge in [0.05, 0.1) is 25.0 Å². The lowest BCUT2D eigenvalue weighted by Crippen LogP contribution is -2.07. The van der Waals surface area contributed by atoms with Gasteiger partial charge in [0.1, 0.15) is 11.4 Å². The third kappa shape index (κ3) is 3.26. The Balaban J connectivity index is 2.14. The molecule has 2 rings (SSSR count). The van der Waals surface area contributed by atoms with E-state index in [0.717, 1.165) is 17.0 Å². The first-order valence-electron chi connectivity index (χ1n) is 6.18. The minimum atomic E-state index is -1.03. The van der Waals surface area contributed by atoms with Crippen LogP contribution in [-0.4, -0.2) is 23.2 Å². The highest BCUT2D eigenvalue weighted by Crippen LogP contribution is 2.25. The maximum Gasteiger partial charge on any atom is 0.354 e. The number of pyridine rings is 1. The molecule has 0 unspecified atom stereocenters. The fourth-order valence-electron chi connectivity index (χ4n) is 1.84. The van der Waals surface area contributed by atoms with Crippen molar-refractivity contribution < 1.29 is 14.6 Å². The molecular formula is C15H16N2O3. The number of benzene rings is 1. The standard InChI is InChI=1S/C15H16N2O3/c1-10-6-7-14(20-2)13(8-10)16-9-11-4-3-5-12(17-11)15(18)19/h3-8,16H,9H2,1-2H3,(H,18,19). The van der Waals surface area contributed by atoms with E-state index in [-0.39, 0.29) is 5.69 Å². The molecule has 0 spiro atoms. The number of methoxy groups -OCH3 is 1. The van der Waals surface area contributed by atoms with Crippen LogP contribution in [0.25, 0.3) is 0 Å². The SMILES string of the molecule is COc1ccc(C)cc1NCc1cccc(C(=O)O)n1. The van der Waals surface area contributed by atoms with Crippen molar-refractivity contribution in [3.8, 4) is 5.75 Å². The lowest BCUT2D eigenvalue weighted by Gasteiger charge is -2.11. The summed E-state index contributed by atoms with van der Waals surface area (Å²) in [6.45, 7) is 2.43. The van der Waals surface area contributed by atoms with Gasteiger partial charge in [0, 0.05) is 0 Å². The van der Waals surface area contributed by atoms with Crippen LogP contribution in [0.5, 0.6) is 5.75 Å². The van der Waals surface area contributed by atoms with Crippen LogP contribution in [0.1, 0.15) is 21.7 Å². The van der Waals surface area contributed by atoms with Crippen molar-refractivity contribution in [2.45, 2.75) is 13.5 Å². The Morgan fingerprint density at radius 1 is 1.35 bits per heavy atom. The molecule has 1 aromatic carbocycles. The molecule has 0 saturated carbocycles. The Labute approximate surface area is 117 Å². The Hall–Kier alpha value is -2.56. The average molecular weight is 272 g/mol. The largest absolute Gasteiger partial charge is 0.495 e. The third-order valence-electron chi connectivity index (χ3n) is 2.84. The van der Waals surface area contributed by atoms with Gasteiger partial charge in [0.2, 0.25) is 0 Å². The first-order chi connectivity index (χ1) is 9.60. The number of nitrogens with one attached hydrogen (secondary N) is 1. The normalized spacial score (nSPS) is 10.1. The molecule has 20 heavy (non-hydrogen) atoms. The predicted octanol–water partition coefficient (Wildman–Crippen LogP) is 2.71. The van der Waals surface area contributed by atoms with Crippen LogP contribution in [-0.2, 0) is 6.54 Å². The number of nitrogens with zero attached hydrogens (tertiary/aromatic N) is 1. The van der Waals surface area contributed by atoms with E-state index in [2.05, 4.69) is 10.3 Å². The van der Waals surface area contributed by atoms with E-state index in [4.69, 9.17) is 9.84 Å². The molecule has 0 saturated heterocycles. The molecule has 0 bridgehead atoms. The first kappa shape index (κ1) is 13.9. The van der Waals surface area contributed by atoms with E-state index in [1.807, 2.05) is 25.1 Å². The molecule has 0 aliphatic rings. The second-order valence-electron chi connectivity index (χ2n) is 4.38. The maximum atomic E-state index is 10.9. The highest BCUT2D eigenvalue weighted by molar-refractivity contribution is 5.85. The number of rotatable bonds is 5. The van der Waals surface area contributed by atoms with Gasteiger partial charge in [-0.25, -0.2) is 9.78 Å². The van der Waals surface area contributed by atoms with E-state index in [1.54, 1.807) is 19.2 Å².